The number of hydrogen-bond donors (Lipinski definition) is 1. The van der Waals surface area contributed by atoms with E-state index in [9.17, 15) is 8.42 Å². The van der Waals surface area contributed by atoms with E-state index in [1.807, 2.05) is 32.1 Å². The molecule has 0 aliphatic carbocycles. The van der Waals surface area contributed by atoms with E-state index in [-0.39, 0.29) is 11.5 Å². The van der Waals surface area contributed by atoms with Gasteiger partial charge in [0.05, 0.1) is 11.5 Å². The number of allylic oxidation sites excluding steroid dienone is 1. The lowest BCUT2D eigenvalue weighted by Gasteiger charge is -2.18. The summed E-state index contributed by atoms with van der Waals surface area (Å²) in [5.41, 5.74) is 11.1. The van der Waals surface area contributed by atoms with Crippen molar-refractivity contribution in [3.8, 4) is 0 Å². The van der Waals surface area contributed by atoms with Gasteiger partial charge in [-0.3, -0.25) is 0 Å². The Balaban J connectivity index is 2.46. The summed E-state index contributed by atoms with van der Waals surface area (Å²) in [6.45, 7) is 4.03. The van der Waals surface area contributed by atoms with Gasteiger partial charge in [-0.25, -0.2) is 8.42 Å². The van der Waals surface area contributed by atoms with Gasteiger partial charge in [0.1, 0.15) is 0 Å². The van der Waals surface area contributed by atoms with E-state index in [2.05, 4.69) is 0 Å². The van der Waals surface area contributed by atoms with Crippen LogP contribution in [-0.4, -0.2) is 19.9 Å². The van der Waals surface area contributed by atoms with E-state index in [1.165, 1.54) is 0 Å². The van der Waals surface area contributed by atoms with Gasteiger partial charge in [0, 0.05) is 5.69 Å². The summed E-state index contributed by atoms with van der Waals surface area (Å²) in [6, 6.07) is 3.87. The van der Waals surface area contributed by atoms with Crippen LogP contribution in [0.25, 0.3) is 5.57 Å². The van der Waals surface area contributed by atoms with Crippen LogP contribution in [0.2, 0.25) is 0 Å². The Morgan fingerprint density at radius 3 is 2.24 bits per heavy atom. The van der Waals surface area contributed by atoms with Crippen molar-refractivity contribution in [2.24, 2.45) is 0 Å². The molecule has 0 bridgehead atoms. The number of aryl methyl sites for hydroxylation is 2. The fraction of sp³-hybridized carbons (Fsp3) is 0.385. The maximum atomic E-state index is 11.4. The molecule has 1 heterocycles. The second-order valence-corrected chi connectivity index (χ2v) is 6.85. The van der Waals surface area contributed by atoms with Crippen LogP contribution in [0.5, 0.6) is 0 Å². The zero-order valence-corrected chi connectivity index (χ0v) is 11.0. The SMILES string of the molecule is Cc1cc(N)cc(C)c1C1=CCS(=O)(=O)CC1. The summed E-state index contributed by atoms with van der Waals surface area (Å²) in [4.78, 5) is 0. The van der Waals surface area contributed by atoms with Crippen LogP contribution in [0.4, 0.5) is 5.69 Å². The second kappa shape index (κ2) is 4.18. The first-order valence-corrected chi connectivity index (χ1v) is 7.48. The number of anilines is 1. The van der Waals surface area contributed by atoms with Crippen molar-refractivity contribution < 1.29 is 8.42 Å². The van der Waals surface area contributed by atoms with Gasteiger partial charge in [0.2, 0.25) is 0 Å². The Morgan fingerprint density at radius 2 is 1.76 bits per heavy atom. The Bertz CT molecular complexity index is 562. The van der Waals surface area contributed by atoms with Crippen LogP contribution in [0, 0.1) is 13.8 Å². The van der Waals surface area contributed by atoms with Crippen molar-refractivity contribution in [3.63, 3.8) is 0 Å². The number of sulfone groups is 1. The normalized spacial score (nSPS) is 18.8. The first kappa shape index (κ1) is 12.2. The van der Waals surface area contributed by atoms with Crippen LogP contribution in [0.1, 0.15) is 23.1 Å². The summed E-state index contributed by atoms with van der Waals surface area (Å²) in [5.74, 6) is 0.410. The Kier molecular flexibility index (Phi) is 3.00. The molecule has 0 aromatic heterocycles. The monoisotopic (exact) mass is 251 g/mol. The summed E-state index contributed by atoms with van der Waals surface area (Å²) in [7, 11) is -2.86. The minimum Gasteiger partial charge on any atom is -0.399 e. The molecular formula is C13H17NO2S. The molecule has 0 saturated carbocycles. The maximum absolute atomic E-state index is 11.4. The third kappa shape index (κ3) is 2.52. The van der Waals surface area contributed by atoms with Crippen molar-refractivity contribution in [3.05, 3.63) is 34.9 Å². The zero-order chi connectivity index (χ0) is 12.6. The molecule has 17 heavy (non-hydrogen) atoms. The quantitative estimate of drug-likeness (QED) is 0.777. The highest BCUT2D eigenvalue weighted by Gasteiger charge is 2.19. The van der Waals surface area contributed by atoms with Gasteiger partial charge >= 0.3 is 0 Å². The van der Waals surface area contributed by atoms with Gasteiger partial charge in [0.15, 0.2) is 9.84 Å². The molecule has 0 amide bonds. The van der Waals surface area contributed by atoms with Gasteiger partial charge in [-0.05, 0) is 54.7 Å². The van der Waals surface area contributed by atoms with Gasteiger partial charge in [-0.15, -0.1) is 0 Å². The van der Waals surface area contributed by atoms with Crippen LogP contribution in [-0.2, 0) is 9.84 Å². The first-order valence-electron chi connectivity index (χ1n) is 5.65. The number of rotatable bonds is 1. The third-order valence-electron chi connectivity index (χ3n) is 3.14. The molecule has 1 aliphatic heterocycles. The lowest BCUT2D eigenvalue weighted by Crippen LogP contribution is -2.15. The predicted molar refractivity (Wildman–Crippen MR) is 71.6 cm³/mol. The average molecular weight is 251 g/mol. The molecule has 0 spiro atoms. The van der Waals surface area contributed by atoms with Crippen LogP contribution in [0.15, 0.2) is 18.2 Å². The molecule has 4 heteroatoms. The number of nitrogens with two attached hydrogens (primary N) is 1. The topological polar surface area (TPSA) is 60.2 Å². The highest BCUT2D eigenvalue weighted by Crippen LogP contribution is 2.30. The minimum atomic E-state index is -2.86. The van der Waals surface area contributed by atoms with Crippen molar-refractivity contribution in [1.82, 2.24) is 0 Å². The largest absolute Gasteiger partial charge is 0.399 e. The Morgan fingerprint density at radius 1 is 1.18 bits per heavy atom. The maximum Gasteiger partial charge on any atom is 0.154 e. The third-order valence-corrected chi connectivity index (χ3v) is 4.64. The van der Waals surface area contributed by atoms with Gasteiger partial charge in [-0.1, -0.05) is 6.08 Å². The molecule has 0 unspecified atom stereocenters. The fourth-order valence-electron chi connectivity index (χ4n) is 2.41. The summed E-state index contributed by atoms with van der Waals surface area (Å²) < 4.78 is 22.8. The number of benzene rings is 1. The molecular weight excluding hydrogens is 234 g/mol. The Labute approximate surface area is 102 Å². The summed E-state index contributed by atoms with van der Waals surface area (Å²) >= 11 is 0. The van der Waals surface area contributed by atoms with Gasteiger partial charge in [-0.2, -0.15) is 0 Å². The summed E-state index contributed by atoms with van der Waals surface area (Å²) in [5, 5.41) is 0. The van der Waals surface area contributed by atoms with E-state index in [0.717, 1.165) is 28.0 Å². The van der Waals surface area contributed by atoms with Crippen LogP contribution < -0.4 is 5.73 Å². The smallest absolute Gasteiger partial charge is 0.154 e. The lowest BCUT2D eigenvalue weighted by molar-refractivity contribution is 0.597. The first-order chi connectivity index (χ1) is 7.89. The van der Waals surface area contributed by atoms with Crippen molar-refractivity contribution >= 4 is 21.1 Å². The molecule has 1 aromatic carbocycles. The van der Waals surface area contributed by atoms with E-state index in [0.29, 0.717) is 6.42 Å². The van der Waals surface area contributed by atoms with Gasteiger partial charge < -0.3 is 5.73 Å². The van der Waals surface area contributed by atoms with Crippen molar-refractivity contribution in [2.45, 2.75) is 20.3 Å². The molecule has 0 fully saturated rings. The average Bonchev–Trinajstić information content (AvgIpc) is 2.19. The van der Waals surface area contributed by atoms with Crippen LogP contribution in [0.3, 0.4) is 0 Å². The summed E-state index contributed by atoms with van der Waals surface area (Å²) in [6.07, 6.45) is 2.44. The molecule has 2 rings (SSSR count). The molecule has 0 radical (unpaired) electrons. The van der Waals surface area contributed by atoms with E-state index in [4.69, 9.17) is 5.73 Å². The minimum absolute atomic E-state index is 0.158. The highest BCUT2D eigenvalue weighted by atomic mass is 32.2. The van der Waals surface area contributed by atoms with Crippen LogP contribution >= 0.6 is 0 Å². The standard InChI is InChI=1S/C13H17NO2S/c1-9-7-12(14)8-10(2)13(9)11-3-5-17(15,16)6-4-11/h3,7-8H,4-6,14H2,1-2H3. The zero-order valence-electron chi connectivity index (χ0n) is 10.2. The molecule has 2 N–H and O–H groups in total. The molecule has 92 valence electrons. The van der Waals surface area contributed by atoms with E-state index < -0.39 is 9.84 Å². The number of nitrogen functional groups attached to an aromatic ring is 1. The Hall–Kier alpha value is -1.29. The molecule has 1 aliphatic rings. The molecule has 0 atom stereocenters. The fourth-order valence-corrected chi connectivity index (χ4v) is 3.56. The van der Waals surface area contributed by atoms with E-state index in [1.54, 1.807) is 0 Å². The molecule has 1 aromatic rings. The van der Waals surface area contributed by atoms with Gasteiger partial charge in [0.25, 0.3) is 0 Å². The lowest BCUT2D eigenvalue weighted by atomic mass is 9.93. The highest BCUT2D eigenvalue weighted by molar-refractivity contribution is 7.91. The predicted octanol–water partition coefficient (Wildman–Crippen LogP) is 2.09. The molecule has 0 saturated heterocycles. The van der Waals surface area contributed by atoms with Crippen molar-refractivity contribution in [2.75, 3.05) is 17.2 Å². The van der Waals surface area contributed by atoms with E-state index >= 15 is 0 Å². The molecule has 3 nitrogen and oxygen atoms in total. The second-order valence-electron chi connectivity index (χ2n) is 4.62. The van der Waals surface area contributed by atoms with Crippen molar-refractivity contribution in [1.29, 1.82) is 0 Å². The number of hydrogen-bond acceptors (Lipinski definition) is 3.